The minimum Gasteiger partial charge on any atom is -0.493 e. The molecule has 1 aliphatic rings. The fraction of sp³-hybridized carbons (Fsp3) is 0.130. The number of ether oxygens (including phenoxy) is 1. The van der Waals surface area contributed by atoms with Gasteiger partial charge in [-0.25, -0.2) is 4.99 Å². The molecule has 0 amide bonds. The number of hydrogen-bond acceptors (Lipinski definition) is 7. The van der Waals surface area contributed by atoms with E-state index in [0.29, 0.717) is 21.1 Å². The van der Waals surface area contributed by atoms with Crippen molar-refractivity contribution in [2.45, 2.75) is 20.4 Å². The van der Waals surface area contributed by atoms with E-state index in [9.17, 15) is 10.4 Å². The Balaban J connectivity index is 1.61. The first-order valence-corrected chi connectivity index (χ1v) is 10.7. The third-order valence-corrected chi connectivity index (χ3v) is 5.99. The number of benzene rings is 2. The molecule has 0 spiro atoms. The zero-order valence-electron chi connectivity index (χ0n) is 16.9. The fourth-order valence-corrected chi connectivity index (χ4v) is 4.14. The zero-order valence-corrected chi connectivity index (χ0v) is 18.5. The van der Waals surface area contributed by atoms with E-state index in [0.717, 1.165) is 11.1 Å². The summed E-state index contributed by atoms with van der Waals surface area (Å²) in [5.41, 5.74) is 4.04. The van der Waals surface area contributed by atoms with Crippen molar-refractivity contribution in [3.63, 3.8) is 0 Å². The normalized spacial score (nSPS) is 15.7. The summed E-state index contributed by atoms with van der Waals surface area (Å²) < 4.78 is 7.86. The lowest BCUT2D eigenvalue weighted by molar-refractivity contribution is 0.420. The lowest BCUT2D eigenvalue weighted by Crippen LogP contribution is -2.07. The maximum Gasteiger partial charge on any atom is 0.258 e. The molecule has 0 radical (unpaired) electrons. The second kappa shape index (κ2) is 8.68. The molecule has 0 saturated heterocycles. The summed E-state index contributed by atoms with van der Waals surface area (Å²) >= 11 is 6.68. The van der Waals surface area contributed by atoms with Crippen LogP contribution in [0.1, 0.15) is 21.6 Å². The molecule has 31 heavy (non-hydrogen) atoms. The molecule has 8 heteroatoms. The maximum absolute atomic E-state index is 10.7. The summed E-state index contributed by atoms with van der Waals surface area (Å²) in [5.74, 6) is 0.334. The number of nitriles is 1. The topological polar surface area (TPSA) is 82.9 Å². The molecule has 1 aliphatic heterocycles. The van der Waals surface area contributed by atoms with Gasteiger partial charge in [0.15, 0.2) is 3.95 Å². The summed E-state index contributed by atoms with van der Waals surface area (Å²) in [4.78, 5) is 9.06. The van der Waals surface area contributed by atoms with E-state index in [1.165, 1.54) is 16.9 Å². The van der Waals surface area contributed by atoms with Crippen molar-refractivity contribution in [1.82, 2.24) is 4.57 Å². The molecular weight excluding hydrogens is 428 g/mol. The van der Waals surface area contributed by atoms with Gasteiger partial charge in [-0.3, -0.25) is 4.57 Å². The lowest BCUT2D eigenvalue weighted by Gasteiger charge is -2.05. The van der Waals surface area contributed by atoms with E-state index in [1.807, 2.05) is 68.4 Å². The van der Waals surface area contributed by atoms with Crippen molar-refractivity contribution in [1.29, 1.82) is 5.26 Å². The number of nitrogens with zero attached hydrogens (tertiary/aromatic N) is 4. The highest BCUT2D eigenvalue weighted by Crippen LogP contribution is 2.31. The summed E-state index contributed by atoms with van der Waals surface area (Å²) in [5, 5.41) is 20.1. The number of aromatic hydroxyl groups is 1. The lowest BCUT2D eigenvalue weighted by atomic mass is 10.1. The Hall–Kier alpha value is -3.54. The van der Waals surface area contributed by atoms with Gasteiger partial charge in [0.25, 0.3) is 5.90 Å². The highest BCUT2D eigenvalue weighted by Gasteiger charge is 2.23. The third-order valence-electron chi connectivity index (χ3n) is 4.61. The van der Waals surface area contributed by atoms with Crippen LogP contribution in [-0.2, 0) is 11.3 Å². The third kappa shape index (κ3) is 4.63. The van der Waals surface area contributed by atoms with Crippen LogP contribution in [0.15, 0.2) is 64.4 Å². The molecular formula is C23H18N4O2S2. The number of thiazole rings is 1. The highest BCUT2D eigenvalue weighted by atomic mass is 32.1. The number of aromatic nitrogens is 1. The first-order valence-electron chi connectivity index (χ1n) is 9.45. The van der Waals surface area contributed by atoms with Crippen molar-refractivity contribution >= 4 is 46.9 Å². The van der Waals surface area contributed by atoms with Crippen molar-refractivity contribution in [2.24, 2.45) is 9.98 Å². The standard InChI is InChI=1S/C23H18N4O2S2/c1-14-3-7-16(8-4-14)13-27-22(28)19(31-23(27)30)11-20-26-18(12-24)21(29-20)25-17-9-5-15(2)6-10-17/h3-11,28H,13H2,1-2H3/b20-11+,25-21?. The SMILES string of the molecule is Cc1ccc(Cn2c(O)c(/C=C3\N=C(C#N)C(=Nc4ccc(C)cc4)O3)sc2=S)cc1. The Morgan fingerprint density at radius 3 is 2.45 bits per heavy atom. The number of aryl methyl sites for hydroxylation is 2. The van der Waals surface area contributed by atoms with Gasteiger partial charge in [0.2, 0.25) is 17.5 Å². The predicted octanol–water partition coefficient (Wildman–Crippen LogP) is 5.67. The quantitative estimate of drug-likeness (QED) is 0.523. The molecule has 0 aliphatic carbocycles. The molecule has 0 unspecified atom stereocenters. The number of rotatable bonds is 4. The molecule has 0 saturated carbocycles. The van der Waals surface area contributed by atoms with E-state index < -0.39 is 0 Å². The van der Waals surface area contributed by atoms with Crippen molar-refractivity contribution in [3.05, 3.63) is 79.9 Å². The summed E-state index contributed by atoms with van der Waals surface area (Å²) in [7, 11) is 0. The van der Waals surface area contributed by atoms with Gasteiger partial charge < -0.3 is 9.84 Å². The van der Waals surface area contributed by atoms with E-state index in [2.05, 4.69) is 9.98 Å². The van der Waals surface area contributed by atoms with Gasteiger partial charge >= 0.3 is 0 Å². The van der Waals surface area contributed by atoms with Gasteiger partial charge in [0.05, 0.1) is 17.1 Å². The molecule has 3 aromatic rings. The Bertz CT molecular complexity index is 1320. The first kappa shape index (κ1) is 20.7. The predicted molar refractivity (Wildman–Crippen MR) is 125 cm³/mol. The molecule has 2 aromatic carbocycles. The molecule has 0 fully saturated rings. The molecule has 0 atom stereocenters. The molecule has 1 N–H and O–H groups in total. The van der Waals surface area contributed by atoms with Gasteiger partial charge in [-0.15, -0.1) is 11.3 Å². The van der Waals surface area contributed by atoms with Crippen LogP contribution in [0.5, 0.6) is 5.88 Å². The van der Waals surface area contributed by atoms with Crippen molar-refractivity contribution in [3.8, 4) is 11.9 Å². The Morgan fingerprint density at radius 2 is 1.81 bits per heavy atom. The summed E-state index contributed by atoms with van der Waals surface area (Å²) in [6, 6.07) is 17.6. The van der Waals surface area contributed by atoms with Crippen molar-refractivity contribution in [2.75, 3.05) is 0 Å². The first-order chi connectivity index (χ1) is 14.9. The Morgan fingerprint density at radius 1 is 1.16 bits per heavy atom. The van der Waals surface area contributed by atoms with Crippen molar-refractivity contribution < 1.29 is 9.84 Å². The summed E-state index contributed by atoms with van der Waals surface area (Å²) in [6.45, 7) is 4.46. The molecule has 6 nitrogen and oxygen atoms in total. The van der Waals surface area contributed by atoms with Crippen LogP contribution < -0.4 is 0 Å². The monoisotopic (exact) mass is 446 g/mol. The van der Waals surface area contributed by atoms with E-state index in [4.69, 9.17) is 17.0 Å². The van der Waals surface area contributed by atoms with Gasteiger partial charge in [-0.2, -0.15) is 10.3 Å². The largest absolute Gasteiger partial charge is 0.493 e. The second-order valence-electron chi connectivity index (χ2n) is 7.04. The molecule has 0 bridgehead atoms. The Labute approximate surface area is 188 Å². The fourth-order valence-electron chi connectivity index (χ4n) is 2.91. The van der Waals surface area contributed by atoms with Crippen LogP contribution in [0.2, 0.25) is 0 Å². The van der Waals surface area contributed by atoms with Gasteiger partial charge in [-0.1, -0.05) is 47.5 Å². The van der Waals surface area contributed by atoms with Crippen LogP contribution in [0.4, 0.5) is 5.69 Å². The molecule has 154 valence electrons. The second-order valence-corrected chi connectivity index (χ2v) is 8.71. The van der Waals surface area contributed by atoms with E-state index in [1.54, 1.807) is 10.6 Å². The Kier molecular flexibility index (Phi) is 5.80. The maximum atomic E-state index is 10.7. The number of aliphatic imine (C=N–C) groups is 2. The average Bonchev–Trinajstić information content (AvgIpc) is 3.26. The minimum atomic E-state index is 0.0318. The van der Waals surface area contributed by atoms with Crippen LogP contribution in [0.3, 0.4) is 0 Å². The minimum absolute atomic E-state index is 0.0318. The zero-order chi connectivity index (χ0) is 22.0. The van der Waals surface area contributed by atoms with Crippen LogP contribution >= 0.6 is 23.6 Å². The van der Waals surface area contributed by atoms with E-state index >= 15 is 0 Å². The van der Waals surface area contributed by atoms with Gasteiger partial charge in [0, 0.05) is 6.08 Å². The van der Waals surface area contributed by atoms with Gasteiger partial charge in [0.1, 0.15) is 6.07 Å². The summed E-state index contributed by atoms with van der Waals surface area (Å²) in [6.07, 6.45) is 1.57. The molecule has 1 aromatic heterocycles. The molecule has 4 rings (SSSR count). The number of hydrogen-bond donors (Lipinski definition) is 1. The van der Waals surface area contributed by atoms with Crippen LogP contribution in [0.25, 0.3) is 6.08 Å². The highest BCUT2D eigenvalue weighted by molar-refractivity contribution is 7.73. The smallest absolute Gasteiger partial charge is 0.258 e. The molecule has 2 heterocycles. The average molecular weight is 447 g/mol. The van der Waals surface area contributed by atoms with Crippen LogP contribution in [-0.4, -0.2) is 21.3 Å². The van der Waals surface area contributed by atoms with Gasteiger partial charge in [-0.05, 0) is 43.8 Å². The van der Waals surface area contributed by atoms with Crippen LogP contribution in [0, 0.1) is 29.1 Å². The van der Waals surface area contributed by atoms with E-state index in [-0.39, 0.29) is 23.4 Å².